The van der Waals surface area contributed by atoms with E-state index < -0.39 is 10.0 Å². The van der Waals surface area contributed by atoms with Crippen LogP contribution in [0.15, 0.2) is 18.3 Å². The highest BCUT2D eigenvalue weighted by molar-refractivity contribution is 7.92. The maximum absolute atomic E-state index is 12.0. The van der Waals surface area contributed by atoms with Crippen LogP contribution in [0.5, 0.6) is 5.88 Å². The summed E-state index contributed by atoms with van der Waals surface area (Å²) in [5.74, 6) is 0.854. The standard InChI is InChI=1S/C12H19N3O3S/c1-18-12-3-2-11(8-14-12)15-19(16,17)9-10-4-6-13-7-5-10/h2-3,8,10,13,15H,4-7,9H2,1H3. The van der Waals surface area contributed by atoms with Crippen LogP contribution < -0.4 is 14.8 Å². The summed E-state index contributed by atoms with van der Waals surface area (Å²) in [6.45, 7) is 1.79. The van der Waals surface area contributed by atoms with Crippen LogP contribution >= 0.6 is 0 Å². The van der Waals surface area contributed by atoms with Crippen LogP contribution in [0.1, 0.15) is 12.8 Å². The maximum Gasteiger partial charge on any atom is 0.233 e. The fourth-order valence-electron chi connectivity index (χ4n) is 2.14. The SMILES string of the molecule is COc1ccc(NS(=O)(=O)CC2CCNCC2)cn1. The van der Waals surface area contributed by atoms with Crippen molar-refractivity contribution in [3.8, 4) is 5.88 Å². The van der Waals surface area contributed by atoms with Gasteiger partial charge in [-0.2, -0.15) is 0 Å². The number of nitrogens with one attached hydrogen (secondary N) is 2. The summed E-state index contributed by atoms with van der Waals surface area (Å²) < 4.78 is 31.5. The third kappa shape index (κ3) is 4.36. The third-order valence-electron chi connectivity index (χ3n) is 3.13. The first-order valence-electron chi connectivity index (χ1n) is 6.30. The molecule has 0 saturated carbocycles. The number of hydrogen-bond acceptors (Lipinski definition) is 5. The van der Waals surface area contributed by atoms with Crippen molar-refractivity contribution in [2.24, 2.45) is 5.92 Å². The molecule has 19 heavy (non-hydrogen) atoms. The predicted octanol–water partition coefficient (Wildman–Crippen LogP) is 0.831. The van der Waals surface area contributed by atoms with Gasteiger partial charge in [0.1, 0.15) is 0 Å². The molecule has 0 aliphatic carbocycles. The Labute approximate surface area is 113 Å². The lowest BCUT2D eigenvalue weighted by atomic mass is 10.0. The van der Waals surface area contributed by atoms with Crippen LogP contribution in [0.4, 0.5) is 5.69 Å². The molecule has 0 amide bonds. The number of sulfonamides is 1. The summed E-state index contributed by atoms with van der Waals surface area (Å²) in [6.07, 6.45) is 3.27. The van der Waals surface area contributed by atoms with Crippen molar-refractivity contribution in [3.63, 3.8) is 0 Å². The maximum atomic E-state index is 12.0. The molecule has 0 atom stereocenters. The van der Waals surface area contributed by atoms with Gasteiger partial charge in [-0.3, -0.25) is 4.72 Å². The van der Waals surface area contributed by atoms with E-state index in [0.717, 1.165) is 25.9 Å². The minimum Gasteiger partial charge on any atom is -0.481 e. The van der Waals surface area contributed by atoms with E-state index in [2.05, 4.69) is 15.0 Å². The molecule has 0 bridgehead atoms. The molecule has 1 saturated heterocycles. The number of pyridine rings is 1. The second-order valence-electron chi connectivity index (χ2n) is 4.67. The van der Waals surface area contributed by atoms with Crippen LogP contribution in [0, 0.1) is 5.92 Å². The Morgan fingerprint density at radius 3 is 2.74 bits per heavy atom. The summed E-state index contributed by atoms with van der Waals surface area (Å²) in [5, 5.41) is 3.22. The summed E-state index contributed by atoms with van der Waals surface area (Å²) >= 11 is 0. The van der Waals surface area contributed by atoms with E-state index in [1.54, 1.807) is 12.1 Å². The molecule has 106 valence electrons. The fraction of sp³-hybridized carbons (Fsp3) is 0.583. The van der Waals surface area contributed by atoms with Gasteiger partial charge in [-0.15, -0.1) is 0 Å². The summed E-state index contributed by atoms with van der Waals surface area (Å²) in [7, 11) is -1.80. The van der Waals surface area contributed by atoms with Crippen LogP contribution in [0.25, 0.3) is 0 Å². The number of methoxy groups -OCH3 is 1. The molecular weight excluding hydrogens is 266 g/mol. The van der Waals surface area contributed by atoms with E-state index in [9.17, 15) is 8.42 Å². The second-order valence-corrected chi connectivity index (χ2v) is 6.43. The average Bonchev–Trinajstić information content (AvgIpc) is 2.39. The molecule has 1 aromatic heterocycles. The van der Waals surface area contributed by atoms with E-state index in [0.29, 0.717) is 11.6 Å². The van der Waals surface area contributed by atoms with Gasteiger partial charge in [-0.25, -0.2) is 13.4 Å². The lowest BCUT2D eigenvalue weighted by molar-refractivity contribution is 0.398. The molecule has 2 heterocycles. The van der Waals surface area contributed by atoms with E-state index >= 15 is 0 Å². The number of piperidine rings is 1. The number of hydrogen-bond donors (Lipinski definition) is 2. The normalized spacial score (nSPS) is 17.1. The zero-order valence-electron chi connectivity index (χ0n) is 10.9. The quantitative estimate of drug-likeness (QED) is 0.837. The van der Waals surface area contributed by atoms with E-state index in [1.165, 1.54) is 13.3 Å². The lowest BCUT2D eigenvalue weighted by Gasteiger charge is -2.22. The average molecular weight is 285 g/mol. The van der Waals surface area contributed by atoms with Crippen molar-refractivity contribution in [2.75, 3.05) is 30.7 Å². The molecule has 2 N–H and O–H groups in total. The van der Waals surface area contributed by atoms with Crippen LogP contribution in [-0.4, -0.2) is 39.4 Å². The zero-order valence-corrected chi connectivity index (χ0v) is 11.7. The zero-order chi connectivity index (χ0) is 13.7. The first-order valence-corrected chi connectivity index (χ1v) is 7.95. The van der Waals surface area contributed by atoms with Gasteiger partial charge in [0.2, 0.25) is 15.9 Å². The topological polar surface area (TPSA) is 80.3 Å². The molecule has 2 rings (SSSR count). The van der Waals surface area contributed by atoms with Crippen LogP contribution in [0.3, 0.4) is 0 Å². The number of nitrogens with zero attached hydrogens (tertiary/aromatic N) is 1. The minimum atomic E-state index is -3.31. The number of aromatic nitrogens is 1. The van der Waals surface area contributed by atoms with Gasteiger partial charge in [0.15, 0.2) is 0 Å². The van der Waals surface area contributed by atoms with Gasteiger partial charge in [0, 0.05) is 6.07 Å². The monoisotopic (exact) mass is 285 g/mol. The first-order chi connectivity index (χ1) is 9.09. The van der Waals surface area contributed by atoms with E-state index in [-0.39, 0.29) is 11.7 Å². The van der Waals surface area contributed by atoms with Crippen molar-refractivity contribution in [1.82, 2.24) is 10.3 Å². The molecular formula is C12H19N3O3S. The Morgan fingerprint density at radius 1 is 1.42 bits per heavy atom. The molecule has 0 unspecified atom stereocenters. The van der Waals surface area contributed by atoms with Crippen molar-refractivity contribution in [1.29, 1.82) is 0 Å². The van der Waals surface area contributed by atoms with Gasteiger partial charge >= 0.3 is 0 Å². The molecule has 1 aromatic rings. The molecule has 0 aromatic carbocycles. The van der Waals surface area contributed by atoms with Crippen molar-refractivity contribution in [2.45, 2.75) is 12.8 Å². The molecule has 6 nitrogen and oxygen atoms in total. The Kier molecular flexibility index (Phi) is 4.60. The Hall–Kier alpha value is -1.34. The number of rotatable bonds is 5. The Bertz CT molecular complexity index is 495. The number of anilines is 1. The molecule has 1 aliphatic heterocycles. The van der Waals surface area contributed by atoms with E-state index in [4.69, 9.17) is 4.74 Å². The van der Waals surface area contributed by atoms with Crippen molar-refractivity contribution >= 4 is 15.7 Å². The lowest BCUT2D eigenvalue weighted by Crippen LogP contribution is -2.33. The highest BCUT2D eigenvalue weighted by Gasteiger charge is 2.21. The Morgan fingerprint density at radius 2 is 2.16 bits per heavy atom. The molecule has 0 spiro atoms. The Balaban J connectivity index is 1.95. The molecule has 0 radical (unpaired) electrons. The minimum absolute atomic E-state index is 0.167. The van der Waals surface area contributed by atoms with Crippen molar-refractivity contribution < 1.29 is 13.2 Å². The predicted molar refractivity (Wildman–Crippen MR) is 73.8 cm³/mol. The summed E-state index contributed by atoms with van der Waals surface area (Å²) in [5.41, 5.74) is 0.467. The highest BCUT2D eigenvalue weighted by Crippen LogP contribution is 2.17. The molecule has 7 heteroatoms. The molecule has 1 aliphatic rings. The highest BCUT2D eigenvalue weighted by atomic mass is 32.2. The second kappa shape index (κ2) is 6.21. The van der Waals surface area contributed by atoms with Crippen LogP contribution in [-0.2, 0) is 10.0 Å². The molecule has 1 fully saturated rings. The van der Waals surface area contributed by atoms with E-state index in [1.807, 2.05) is 0 Å². The summed E-state index contributed by atoms with van der Waals surface area (Å²) in [4.78, 5) is 3.97. The summed E-state index contributed by atoms with van der Waals surface area (Å²) in [6, 6.07) is 3.27. The van der Waals surface area contributed by atoms with Gasteiger partial charge < -0.3 is 10.1 Å². The fourth-order valence-corrected chi connectivity index (χ4v) is 3.66. The van der Waals surface area contributed by atoms with Gasteiger partial charge in [0.25, 0.3) is 0 Å². The smallest absolute Gasteiger partial charge is 0.233 e. The first kappa shape index (κ1) is 14.1. The van der Waals surface area contributed by atoms with Gasteiger partial charge in [0.05, 0.1) is 24.7 Å². The number of ether oxygens (including phenoxy) is 1. The van der Waals surface area contributed by atoms with Gasteiger partial charge in [-0.05, 0) is 37.9 Å². The largest absolute Gasteiger partial charge is 0.481 e. The van der Waals surface area contributed by atoms with Crippen LogP contribution in [0.2, 0.25) is 0 Å². The van der Waals surface area contributed by atoms with Crippen molar-refractivity contribution in [3.05, 3.63) is 18.3 Å². The third-order valence-corrected chi connectivity index (χ3v) is 4.59. The van der Waals surface area contributed by atoms with Gasteiger partial charge in [-0.1, -0.05) is 0 Å².